The summed E-state index contributed by atoms with van der Waals surface area (Å²) in [7, 11) is 0. The largest absolute Gasteiger partial charge is 0.544 e. The van der Waals surface area contributed by atoms with Crippen molar-refractivity contribution in [3.8, 4) is 5.75 Å². The average Bonchev–Trinajstić information content (AvgIpc) is 2.54. The SMILES string of the molecule is CCOc1ccc(C(=O)C[C@@H](C(=O)[O-])[NH+]2CCCCC2)cc1. The highest BCUT2D eigenvalue weighted by Gasteiger charge is 2.28. The maximum Gasteiger partial charge on any atom is 0.169 e. The molecule has 1 atom stereocenters. The predicted molar refractivity (Wildman–Crippen MR) is 79.9 cm³/mol. The highest BCUT2D eigenvalue weighted by Crippen LogP contribution is 2.14. The molecule has 0 spiro atoms. The molecule has 0 bridgehead atoms. The standard InChI is InChI=1S/C17H23NO4/c1-2-22-14-8-6-13(7-9-14)16(19)12-15(17(20)21)18-10-4-3-5-11-18/h6-9,15H,2-5,10-12H2,1H3,(H,20,21)/t15-/m0/s1. The van der Waals surface area contributed by atoms with Gasteiger partial charge in [0.05, 0.1) is 32.1 Å². The van der Waals surface area contributed by atoms with E-state index < -0.39 is 12.0 Å². The van der Waals surface area contributed by atoms with Gasteiger partial charge in [-0.3, -0.25) is 4.79 Å². The smallest absolute Gasteiger partial charge is 0.169 e. The Bertz CT molecular complexity index is 506. The van der Waals surface area contributed by atoms with Crippen LogP contribution in [-0.4, -0.2) is 37.5 Å². The lowest BCUT2D eigenvalue weighted by molar-refractivity contribution is -0.922. The van der Waals surface area contributed by atoms with E-state index in [4.69, 9.17) is 4.74 Å². The number of hydrogen-bond donors (Lipinski definition) is 1. The van der Waals surface area contributed by atoms with Crippen molar-refractivity contribution in [3.05, 3.63) is 29.8 Å². The Hall–Kier alpha value is -1.88. The van der Waals surface area contributed by atoms with Crippen LogP contribution in [0.3, 0.4) is 0 Å². The van der Waals surface area contributed by atoms with Crippen molar-refractivity contribution < 1.29 is 24.3 Å². The van der Waals surface area contributed by atoms with E-state index in [1.54, 1.807) is 24.3 Å². The second-order valence-corrected chi connectivity index (χ2v) is 5.68. The molecule has 0 aromatic heterocycles. The summed E-state index contributed by atoms with van der Waals surface area (Å²) in [5, 5.41) is 11.4. The zero-order valence-electron chi connectivity index (χ0n) is 13.0. The minimum atomic E-state index is -1.13. The first-order valence-electron chi connectivity index (χ1n) is 7.93. The number of ketones is 1. The highest BCUT2D eigenvalue weighted by molar-refractivity contribution is 5.98. The maximum absolute atomic E-state index is 12.3. The first-order chi connectivity index (χ1) is 10.6. The summed E-state index contributed by atoms with van der Waals surface area (Å²) in [6.45, 7) is 4.06. The van der Waals surface area contributed by atoms with Crippen LogP contribution in [0.5, 0.6) is 5.75 Å². The number of Topliss-reactive ketones (excluding diaryl/α,β-unsaturated/α-hetero) is 1. The number of hydrogen-bond acceptors (Lipinski definition) is 4. The molecular weight excluding hydrogens is 282 g/mol. The topological polar surface area (TPSA) is 70.9 Å². The van der Waals surface area contributed by atoms with Crippen LogP contribution in [0.4, 0.5) is 0 Å². The fraction of sp³-hybridized carbons (Fsp3) is 0.529. The number of carbonyl (C=O) groups is 2. The van der Waals surface area contributed by atoms with Gasteiger partial charge in [-0.2, -0.15) is 0 Å². The van der Waals surface area contributed by atoms with Crippen LogP contribution in [-0.2, 0) is 4.79 Å². The molecule has 0 amide bonds. The average molecular weight is 305 g/mol. The fourth-order valence-electron chi connectivity index (χ4n) is 2.96. The molecule has 0 saturated carbocycles. The van der Waals surface area contributed by atoms with E-state index in [-0.39, 0.29) is 12.2 Å². The molecule has 1 aromatic carbocycles. The van der Waals surface area contributed by atoms with E-state index in [0.29, 0.717) is 17.9 Å². The summed E-state index contributed by atoms with van der Waals surface area (Å²) in [4.78, 5) is 24.7. The summed E-state index contributed by atoms with van der Waals surface area (Å²) in [6, 6.07) is 6.09. The van der Waals surface area contributed by atoms with E-state index >= 15 is 0 Å². The molecule has 22 heavy (non-hydrogen) atoms. The number of carbonyl (C=O) groups excluding carboxylic acids is 2. The van der Waals surface area contributed by atoms with E-state index in [1.165, 1.54) is 0 Å². The summed E-state index contributed by atoms with van der Waals surface area (Å²) in [5.74, 6) is -0.580. The van der Waals surface area contributed by atoms with E-state index in [2.05, 4.69) is 0 Å². The third-order valence-electron chi connectivity index (χ3n) is 4.15. The molecule has 2 rings (SSSR count). The minimum absolute atomic E-state index is 0.00829. The van der Waals surface area contributed by atoms with Gasteiger partial charge >= 0.3 is 0 Å². The molecule has 1 aliphatic heterocycles. The number of quaternary nitrogens is 1. The van der Waals surface area contributed by atoms with Crippen molar-refractivity contribution in [3.63, 3.8) is 0 Å². The molecule has 120 valence electrons. The quantitative estimate of drug-likeness (QED) is 0.711. The van der Waals surface area contributed by atoms with Gasteiger partial charge in [0.25, 0.3) is 0 Å². The van der Waals surface area contributed by atoms with Gasteiger partial charge in [-0.1, -0.05) is 0 Å². The van der Waals surface area contributed by atoms with Crippen molar-refractivity contribution in [2.75, 3.05) is 19.7 Å². The van der Waals surface area contributed by atoms with Gasteiger partial charge in [-0.05, 0) is 50.5 Å². The van der Waals surface area contributed by atoms with Gasteiger partial charge in [-0.15, -0.1) is 0 Å². The molecule has 5 nitrogen and oxygen atoms in total. The monoisotopic (exact) mass is 305 g/mol. The lowest BCUT2D eigenvalue weighted by Gasteiger charge is -2.31. The Kier molecular flexibility index (Phi) is 5.95. The second kappa shape index (κ2) is 7.94. The van der Waals surface area contributed by atoms with Gasteiger partial charge in [0, 0.05) is 5.56 Å². The van der Waals surface area contributed by atoms with E-state index in [1.807, 2.05) is 6.92 Å². The number of carboxylic acid groups (broad SMARTS) is 1. The lowest BCUT2D eigenvalue weighted by Crippen LogP contribution is -3.18. The van der Waals surface area contributed by atoms with Crippen LogP contribution in [0.15, 0.2) is 24.3 Å². The first-order valence-corrected chi connectivity index (χ1v) is 7.93. The maximum atomic E-state index is 12.3. The van der Waals surface area contributed by atoms with Crippen molar-refractivity contribution in [1.29, 1.82) is 0 Å². The first kappa shape index (κ1) is 16.5. The Morgan fingerprint density at radius 1 is 1.18 bits per heavy atom. The molecule has 0 aliphatic carbocycles. The van der Waals surface area contributed by atoms with Crippen molar-refractivity contribution >= 4 is 11.8 Å². The normalized spacial score (nSPS) is 17.0. The van der Waals surface area contributed by atoms with Crippen LogP contribution < -0.4 is 14.7 Å². The number of rotatable bonds is 7. The summed E-state index contributed by atoms with van der Waals surface area (Å²) in [5.41, 5.74) is 0.520. The van der Waals surface area contributed by atoms with Crippen LogP contribution >= 0.6 is 0 Å². The summed E-state index contributed by atoms with van der Waals surface area (Å²) < 4.78 is 5.34. The van der Waals surface area contributed by atoms with Gasteiger partial charge in [-0.25, -0.2) is 0 Å². The molecule has 1 aromatic rings. The highest BCUT2D eigenvalue weighted by atomic mass is 16.5. The predicted octanol–water partition coefficient (Wildman–Crippen LogP) is -0.155. The van der Waals surface area contributed by atoms with Gasteiger partial charge < -0.3 is 19.5 Å². The van der Waals surface area contributed by atoms with E-state index in [0.717, 1.165) is 37.3 Å². The molecule has 1 heterocycles. The number of carboxylic acids is 1. The van der Waals surface area contributed by atoms with Gasteiger partial charge in [0.1, 0.15) is 11.8 Å². The lowest BCUT2D eigenvalue weighted by atomic mass is 10.0. The number of nitrogens with one attached hydrogen (secondary N) is 1. The number of piperidine rings is 1. The van der Waals surface area contributed by atoms with Crippen molar-refractivity contribution in [2.45, 2.75) is 38.6 Å². The Labute approximate surface area is 130 Å². The van der Waals surface area contributed by atoms with Crippen LogP contribution in [0.1, 0.15) is 43.0 Å². The molecule has 1 fully saturated rings. The molecule has 5 heteroatoms. The second-order valence-electron chi connectivity index (χ2n) is 5.68. The van der Waals surface area contributed by atoms with Crippen LogP contribution in [0, 0.1) is 0 Å². The zero-order valence-corrected chi connectivity index (χ0v) is 13.0. The number of benzene rings is 1. The molecule has 0 radical (unpaired) electrons. The van der Waals surface area contributed by atoms with Crippen molar-refractivity contribution in [2.24, 2.45) is 0 Å². The Morgan fingerprint density at radius 2 is 1.82 bits per heavy atom. The van der Waals surface area contributed by atoms with Crippen LogP contribution in [0.2, 0.25) is 0 Å². The molecule has 1 aliphatic rings. The number of likely N-dealkylation sites (tertiary alicyclic amines) is 1. The summed E-state index contributed by atoms with van der Waals surface area (Å²) >= 11 is 0. The molecule has 1 saturated heterocycles. The fourth-order valence-corrected chi connectivity index (χ4v) is 2.96. The van der Waals surface area contributed by atoms with Crippen molar-refractivity contribution in [1.82, 2.24) is 0 Å². The Balaban J connectivity index is 2.02. The minimum Gasteiger partial charge on any atom is -0.544 e. The van der Waals surface area contributed by atoms with Gasteiger partial charge in [0.15, 0.2) is 5.78 Å². The van der Waals surface area contributed by atoms with Gasteiger partial charge in [0.2, 0.25) is 0 Å². The third kappa shape index (κ3) is 4.31. The zero-order chi connectivity index (χ0) is 15.9. The van der Waals surface area contributed by atoms with E-state index in [9.17, 15) is 14.7 Å². The summed E-state index contributed by atoms with van der Waals surface area (Å²) in [6.07, 6.45) is 3.15. The Morgan fingerprint density at radius 3 is 2.36 bits per heavy atom. The van der Waals surface area contributed by atoms with Crippen LogP contribution in [0.25, 0.3) is 0 Å². The molecule has 1 N–H and O–H groups in total. The third-order valence-corrected chi connectivity index (χ3v) is 4.15. The number of ether oxygens (including phenoxy) is 1. The molecular formula is C17H23NO4. The number of aliphatic carboxylic acids is 1. The molecule has 0 unspecified atom stereocenters.